The van der Waals surface area contributed by atoms with Gasteiger partial charge < -0.3 is 14.0 Å². The van der Waals surface area contributed by atoms with Crippen LogP contribution in [-0.2, 0) is 13.6 Å². The molecule has 6 aromatic rings. The van der Waals surface area contributed by atoms with Gasteiger partial charge in [0, 0.05) is 27.5 Å². The first-order valence-electron chi connectivity index (χ1n) is 12.5. The number of hydrogen-bond acceptors (Lipinski definition) is 4. The Kier molecular flexibility index (Phi) is 6.13. The quantitative estimate of drug-likeness (QED) is 0.222. The summed E-state index contributed by atoms with van der Waals surface area (Å²) in [4.78, 5) is 8.48. The number of fused-ring (bicyclic) bond motifs is 3. The number of nitrogens with one attached hydrogen (secondary N) is 1. The number of pyridine rings is 1. The van der Waals surface area contributed by atoms with Gasteiger partial charge in [-0.1, -0.05) is 66.7 Å². The molecule has 0 aliphatic rings. The fourth-order valence-corrected chi connectivity index (χ4v) is 6.44. The van der Waals surface area contributed by atoms with Crippen molar-refractivity contribution < 1.29 is 13.6 Å². The van der Waals surface area contributed by atoms with E-state index in [1.165, 1.54) is 0 Å². The van der Waals surface area contributed by atoms with Gasteiger partial charge in [-0.3, -0.25) is 4.57 Å². The van der Waals surface area contributed by atoms with Gasteiger partial charge in [-0.15, -0.1) is 0 Å². The normalized spacial score (nSPS) is 12.1. The minimum Gasteiger partial charge on any atom is -0.355 e. The second kappa shape index (κ2) is 9.60. The van der Waals surface area contributed by atoms with Crippen LogP contribution in [-0.4, -0.2) is 23.2 Å². The highest BCUT2D eigenvalue weighted by Gasteiger charge is 2.29. The van der Waals surface area contributed by atoms with Crippen LogP contribution < -0.4 is 5.44 Å². The minimum atomic E-state index is -3.54. The van der Waals surface area contributed by atoms with E-state index in [1.54, 1.807) is 19.9 Å². The molecule has 0 saturated carbocycles. The molecule has 6 heteroatoms. The number of benzene rings is 4. The molecule has 0 saturated heterocycles. The molecule has 4 aromatic carbocycles. The number of H-pyrrole nitrogens is 1. The third-order valence-corrected chi connectivity index (χ3v) is 8.58. The Hall–Kier alpha value is -3.76. The fourth-order valence-electron chi connectivity index (χ4n) is 4.94. The monoisotopic (exact) mass is 506 g/mol. The van der Waals surface area contributed by atoms with Gasteiger partial charge in [-0.05, 0) is 66.1 Å². The molecule has 0 radical (unpaired) electrons. The Morgan fingerprint density at radius 1 is 0.730 bits per heavy atom. The van der Waals surface area contributed by atoms with Gasteiger partial charge in [0.15, 0.2) is 5.44 Å². The zero-order valence-corrected chi connectivity index (χ0v) is 21.7. The van der Waals surface area contributed by atoms with Crippen LogP contribution in [0.3, 0.4) is 0 Å². The summed E-state index contributed by atoms with van der Waals surface area (Å²) in [5.74, 6) is 0. The maximum atomic E-state index is 13.6. The summed E-state index contributed by atoms with van der Waals surface area (Å²) < 4.78 is 24.8. The minimum absolute atomic E-state index is 0.270. The lowest BCUT2D eigenvalue weighted by Gasteiger charge is -2.18. The summed E-state index contributed by atoms with van der Waals surface area (Å²) >= 11 is 0. The van der Waals surface area contributed by atoms with Crippen molar-refractivity contribution >= 4 is 45.6 Å². The molecule has 0 aliphatic heterocycles. The van der Waals surface area contributed by atoms with Crippen molar-refractivity contribution in [3.05, 3.63) is 97.1 Å². The van der Waals surface area contributed by atoms with Crippen LogP contribution in [0.5, 0.6) is 0 Å². The van der Waals surface area contributed by atoms with Gasteiger partial charge in [0.05, 0.1) is 18.7 Å². The maximum absolute atomic E-state index is 13.6. The van der Waals surface area contributed by atoms with Gasteiger partial charge in [0.25, 0.3) is 0 Å². The van der Waals surface area contributed by atoms with E-state index in [4.69, 9.17) is 14.0 Å². The summed E-state index contributed by atoms with van der Waals surface area (Å²) in [7, 11) is -3.54. The molecule has 0 spiro atoms. The molecule has 0 unspecified atom stereocenters. The van der Waals surface area contributed by atoms with Crippen molar-refractivity contribution in [2.24, 2.45) is 0 Å². The highest BCUT2D eigenvalue weighted by atomic mass is 31.2. The zero-order valence-electron chi connectivity index (χ0n) is 20.8. The van der Waals surface area contributed by atoms with E-state index >= 15 is 0 Å². The van der Waals surface area contributed by atoms with Crippen LogP contribution >= 0.6 is 7.60 Å². The van der Waals surface area contributed by atoms with Crippen LogP contribution in [0.2, 0.25) is 0 Å². The van der Waals surface area contributed by atoms with E-state index in [1.807, 2.05) is 30.3 Å². The van der Waals surface area contributed by atoms with Gasteiger partial charge in [0.2, 0.25) is 0 Å². The second-order valence-electron chi connectivity index (χ2n) is 8.89. The molecule has 5 nitrogen and oxygen atoms in total. The standard InChI is InChI=1S/C31H27N2O3P/c1-3-35-37(34,36-4-2)30-17-16-23-18-24(29-20-22-11-6-8-15-28(22)32-29)19-27(31(23)33-30)26-14-9-12-21-10-5-7-13-25(21)26/h5-20,32H,3-4H2,1-2H3. The Balaban J connectivity index is 1.64. The van der Waals surface area contributed by atoms with E-state index in [0.29, 0.717) is 5.44 Å². The molecule has 37 heavy (non-hydrogen) atoms. The van der Waals surface area contributed by atoms with Gasteiger partial charge in [-0.2, -0.15) is 0 Å². The first-order valence-corrected chi connectivity index (χ1v) is 14.0. The zero-order chi connectivity index (χ0) is 25.4. The molecular weight excluding hydrogens is 479 g/mol. The van der Waals surface area contributed by atoms with Crippen molar-refractivity contribution in [3.63, 3.8) is 0 Å². The molecule has 0 aliphatic carbocycles. The molecule has 184 valence electrons. The summed E-state index contributed by atoms with van der Waals surface area (Å²) in [6.45, 7) is 4.15. The lowest BCUT2D eigenvalue weighted by molar-refractivity contribution is 0.229. The number of aromatic amines is 1. The van der Waals surface area contributed by atoms with Crippen LogP contribution in [0.4, 0.5) is 0 Å². The van der Waals surface area contributed by atoms with Crippen LogP contribution in [0.15, 0.2) is 97.1 Å². The lowest BCUT2D eigenvalue weighted by Crippen LogP contribution is -2.14. The Bertz CT molecular complexity index is 1760. The lowest BCUT2D eigenvalue weighted by atomic mass is 9.94. The number of aromatic nitrogens is 2. The van der Waals surface area contributed by atoms with E-state index in [9.17, 15) is 4.57 Å². The molecule has 0 atom stereocenters. The Morgan fingerprint density at radius 3 is 2.24 bits per heavy atom. The third kappa shape index (κ3) is 4.25. The van der Waals surface area contributed by atoms with Crippen molar-refractivity contribution in [1.82, 2.24) is 9.97 Å². The molecule has 0 amide bonds. The third-order valence-electron chi connectivity index (χ3n) is 6.58. The van der Waals surface area contributed by atoms with Gasteiger partial charge in [-0.25, -0.2) is 4.98 Å². The fraction of sp³-hybridized carbons (Fsp3) is 0.129. The van der Waals surface area contributed by atoms with E-state index in [-0.39, 0.29) is 13.2 Å². The van der Waals surface area contributed by atoms with Gasteiger partial charge >= 0.3 is 7.60 Å². The van der Waals surface area contributed by atoms with E-state index in [2.05, 4.69) is 65.6 Å². The first kappa shape index (κ1) is 23.6. The molecule has 2 heterocycles. The van der Waals surface area contributed by atoms with Crippen molar-refractivity contribution in [3.8, 4) is 22.4 Å². The molecule has 0 fully saturated rings. The molecule has 6 rings (SSSR count). The first-order chi connectivity index (χ1) is 18.1. The maximum Gasteiger partial charge on any atom is 0.379 e. The second-order valence-corrected chi connectivity index (χ2v) is 10.9. The van der Waals surface area contributed by atoms with E-state index in [0.717, 1.165) is 55.0 Å². The topological polar surface area (TPSA) is 64.2 Å². The molecular formula is C31H27N2O3P. The van der Waals surface area contributed by atoms with Crippen LogP contribution in [0.25, 0.3) is 55.0 Å². The predicted molar refractivity (Wildman–Crippen MR) is 152 cm³/mol. The smallest absolute Gasteiger partial charge is 0.355 e. The largest absolute Gasteiger partial charge is 0.379 e. The van der Waals surface area contributed by atoms with Crippen LogP contribution in [0, 0.1) is 0 Å². The van der Waals surface area contributed by atoms with Crippen molar-refractivity contribution in [2.45, 2.75) is 13.8 Å². The van der Waals surface area contributed by atoms with E-state index < -0.39 is 7.60 Å². The highest BCUT2D eigenvalue weighted by Crippen LogP contribution is 2.47. The van der Waals surface area contributed by atoms with Crippen molar-refractivity contribution in [1.29, 1.82) is 0 Å². The van der Waals surface area contributed by atoms with Gasteiger partial charge in [0.1, 0.15) is 0 Å². The predicted octanol–water partition coefficient (Wildman–Crippen LogP) is 8.09. The SMILES string of the molecule is CCOP(=O)(OCC)c1ccc2cc(-c3cc4ccccc4[nH]3)cc(-c3cccc4ccccc34)c2n1. The molecule has 0 bridgehead atoms. The number of para-hydroxylation sites is 1. The number of rotatable bonds is 7. The van der Waals surface area contributed by atoms with Crippen LogP contribution in [0.1, 0.15) is 13.8 Å². The Morgan fingerprint density at radius 2 is 1.46 bits per heavy atom. The summed E-state index contributed by atoms with van der Waals surface area (Å²) in [5.41, 5.74) is 6.28. The summed E-state index contributed by atoms with van der Waals surface area (Å²) in [6, 6.07) is 33.1. The number of nitrogens with zero attached hydrogens (tertiary/aromatic N) is 1. The molecule has 1 N–H and O–H groups in total. The summed E-state index contributed by atoms with van der Waals surface area (Å²) in [6.07, 6.45) is 0. The summed E-state index contributed by atoms with van der Waals surface area (Å²) in [5, 5.41) is 4.38. The molecule has 2 aromatic heterocycles. The average molecular weight is 507 g/mol. The number of hydrogen-bond donors (Lipinski definition) is 1. The highest BCUT2D eigenvalue weighted by molar-refractivity contribution is 7.61. The average Bonchev–Trinajstić information content (AvgIpc) is 3.37. The Labute approximate surface area is 215 Å². The van der Waals surface area contributed by atoms with Crippen molar-refractivity contribution in [2.75, 3.05) is 13.2 Å².